The van der Waals surface area contributed by atoms with Gasteiger partial charge in [-0.3, -0.25) is 0 Å². The summed E-state index contributed by atoms with van der Waals surface area (Å²) in [7, 11) is -7.59. The van der Waals surface area contributed by atoms with Crippen molar-refractivity contribution in [3.63, 3.8) is 0 Å². The first-order valence-corrected chi connectivity index (χ1v) is 13.1. The molecular formula is C22H25N5O5S2. The fraction of sp³-hybridized carbons (Fsp3) is 0.227. The third kappa shape index (κ3) is 5.88. The molecule has 0 aliphatic rings. The van der Waals surface area contributed by atoms with Crippen molar-refractivity contribution in [2.45, 2.75) is 44.4 Å². The highest BCUT2D eigenvalue weighted by Gasteiger charge is 2.19. The summed E-state index contributed by atoms with van der Waals surface area (Å²) in [5.74, 6) is 0.832. The quantitative estimate of drug-likeness (QED) is 0.355. The van der Waals surface area contributed by atoms with E-state index in [4.69, 9.17) is 4.42 Å². The largest absolute Gasteiger partial charge is 0.440 e. The first kappa shape index (κ1) is 25.1. The molecule has 0 unspecified atom stereocenters. The lowest BCUT2D eigenvalue weighted by molar-refractivity contribution is 0.534. The molecule has 0 saturated heterocycles. The zero-order chi connectivity index (χ0) is 25.1. The number of hydrogen-bond acceptors (Lipinski definition) is 8. The van der Waals surface area contributed by atoms with Gasteiger partial charge in [-0.25, -0.2) is 14.6 Å². The number of aryl methyl sites for hydroxylation is 1. The molecule has 0 bridgehead atoms. The maximum atomic E-state index is 12.4. The van der Waals surface area contributed by atoms with Gasteiger partial charge in [0.15, 0.2) is 11.7 Å². The molecule has 2 aromatic carbocycles. The van der Waals surface area contributed by atoms with E-state index in [1.807, 2.05) is 0 Å². The molecule has 180 valence electrons. The number of aromatic nitrogens is 1. The van der Waals surface area contributed by atoms with E-state index in [2.05, 4.69) is 24.8 Å². The van der Waals surface area contributed by atoms with Gasteiger partial charge >= 0.3 is 0 Å². The van der Waals surface area contributed by atoms with Crippen LogP contribution in [0.3, 0.4) is 0 Å². The van der Waals surface area contributed by atoms with Crippen molar-refractivity contribution in [2.75, 3.05) is 0 Å². The van der Waals surface area contributed by atoms with Gasteiger partial charge in [-0.1, -0.05) is 12.1 Å². The Morgan fingerprint density at radius 3 is 1.56 bits per heavy atom. The van der Waals surface area contributed by atoms with Crippen molar-refractivity contribution in [1.29, 1.82) is 0 Å². The highest BCUT2D eigenvalue weighted by atomic mass is 32.2. The molecule has 0 aliphatic carbocycles. The van der Waals surface area contributed by atoms with Gasteiger partial charge in [-0.2, -0.15) is 27.0 Å². The molecule has 0 spiro atoms. The number of nitrogens with one attached hydrogen (secondary N) is 2. The lowest BCUT2D eigenvalue weighted by Gasteiger charge is -2.07. The Hall–Kier alpha value is -3.51. The summed E-state index contributed by atoms with van der Waals surface area (Å²) in [5, 5.41) is 7.50. The van der Waals surface area contributed by atoms with Crippen LogP contribution in [0.25, 0.3) is 22.6 Å². The van der Waals surface area contributed by atoms with Crippen molar-refractivity contribution in [1.82, 2.24) is 14.6 Å². The van der Waals surface area contributed by atoms with Gasteiger partial charge in [0.2, 0.25) is 0 Å². The molecule has 0 radical (unpaired) electrons. The Morgan fingerprint density at radius 1 is 0.735 bits per heavy atom. The molecule has 2 N–H and O–H groups in total. The summed E-state index contributed by atoms with van der Waals surface area (Å²) in [6.45, 7) is 8.40. The summed E-state index contributed by atoms with van der Waals surface area (Å²) in [6.07, 6.45) is 0. The first-order valence-electron chi connectivity index (χ1n) is 10.1. The van der Waals surface area contributed by atoms with Crippen molar-refractivity contribution in [3.8, 4) is 22.6 Å². The van der Waals surface area contributed by atoms with Crippen LogP contribution >= 0.6 is 0 Å². The molecule has 0 aliphatic heterocycles. The lowest BCUT2D eigenvalue weighted by atomic mass is 10.1. The van der Waals surface area contributed by atoms with E-state index in [1.165, 1.54) is 24.3 Å². The van der Waals surface area contributed by atoms with Gasteiger partial charge < -0.3 is 4.42 Å². The zero-order valence-corrected chi connectivity index (χ0v) is 21.0. The maximum Gasteiger partial charge on any atom is 0.276 e. The second-order valence-corrected chi connectivity index (χ2v) is 11.1. The first-order chi connectivity index (χ1) is 15.9. The number of benzene rings is 2. The van der Waals surface area contributed by atoms with E-state index in [-0.39, 0.29) is 9.79 Å². The van der Waals surface area contributed by atoms with Crippen LogP contribution in [0.4, 0.5) is 0 Å². The van der Waals surface area contributed by atoms with Crippen LogP contribution in [0.2, 0.25) is 0 Å². The van der Waals surface area contributed by atoms with E-state index in [0.29, 0.717) is 39.9 Å². The molecule has 10 nitrogen and oxygen atoms in total. The summed E-state index contributed by atoms with van der Waals surface area (Å²) in [6, 6.07) is 12.2. The van der Waals surface area contributed by atoms with E-state index in [0.717, 1.165) is 0 Å². The number of sulfonamides is 2. The monoisotopic (exact) mass is 503 g/mol. The number of hydrazone groups is 2. The standard InChI is InChI=1S/C22H25N5O5S2/c1-14(2)24-26-33(28,29)19-10-6-17(7-11-19)21-22(32-16(5)23-21)18-8-12-20(13-9-18)34(30,31)27-25-15(3)4/h6-13,26-27H,1-5H3. The second kappa shape index (κ2) is 9.77. The van der Waals surface area contributed by atoms with Crippen LogP contribution < -0.4 is 9.66 Å². The molecule has 1 heterocycles. The number of nitrogens with zero attached hydrogens (tertiary/aromatic N) is 3. The van der Waals surface area contributed by atoms with Crippen molar-refractivity contribution in [3.05, 3.63) is 54.4 Å². The third-order valence-corrected chi connectivity index (χ3v) is 6.83. The Morgan fingerprint density at radius 2 is 1.15 bits per heavy atom. The van der Waals surface area contributed by atoms with Crippen LogP contribution in [0.1, 0.15) is 33.6 Å². The molecule has 3 aromatic rings. The Kier molecular flexibility index (Phi) is 7.22. The average molecular weight is 504 g/mol. The highest BCUT2D eigenvalue weighted by Crippen LogP contribution is 2.33. The topological polar surface area (TPSA) is 143 Å². The average Bonchev–Trinajstić information content (AvgIpc) is 3.18. The smallest absolute Gasteiger partial charge is 0.276 e. The van der Waals surface area contributed by atoms with E-state index < -0.39 is 20.0 Å². The van der Waals surface area contributed by atoms with Gasteiger partial charge in [-0.15, -0.1) is 0 Å². The summed E-state index contributed by atoms with van der Waals surface area (Å²) < 4.78 is 55.2. The van der Waals surface area contributed by atoms with Gasteiger partial charge in [0, 0.05) is 29.5 Å². The SMILES string of the molecule is CC(C)=NNS(=O)(=O)c1ccc(-c2nc(C)oc2-c2ccc(S(=O)(=O)NN=C(C)C)cc2)cc1. The zero-order valence-electron chi connectivity index (χ0n) is 19.3. The van der Waals surface area contributed by atoms with Gasteiger partial charge in [0.05, 0.1) is 9.79 Å². The lowest BCUT2D eigenvalue weighted by Crippen LogP contribution is -2.19. The van der Waals surface area contributed by atoms with Crippen LogP contribution in [0.5, 0.6) is 0 Å². The number of oxazole rings is 1. The highest BCUT2D eigenvalue weighted by molar-refractivity contribution is 7.89. The Bertz CT molecular complexity index is 1340. The maximum absolute atomic E-state index is 12.4. The minimum absolute atomic E-state index is 0.0473. The van der Waals surface area contributed by atoms with Crippen LogP contribution in [0.15, 0.2) is 72.9 Å². The third-order valence-electron chi connectivity index (χ3n) is 4.38. The normalized spacial score (nSPS) is 11.6. The molecule has 0 atom stereocenters. The molecule has 0 fully saturated rings. The molecule has 34 heavy (non-hydrogen) atoms. The van der Waals surface area contributed by atoms with Crippen molar-refractivity contribution < 1.29 is 21.3 Å². The fourth-order valence-corrected chi connectivity index (χ4v) is 4.61. The van der Waals surface area contributed by atoms with Crippen LogP contribution in [-0.2, 0) is 20.0 Å². The molecule has 0 saturated carbocycles. The van der Waals surface area contributed by atoms with Gasteiger partial charge in [-0.05, 0) is 64.1 Å². The summed E-state index contributed by atoms with van der Waals surface area (Å²) in [5.41, 5.74) is 2.88. The van der Waals surface area contributed by atoms with Crippen molar-refractivity contribution in [2.24, 2.45) is 10.2 Å². The van der Waals surface area contributed by atoms with Gasteiger partial charge in [0.25, 0.3) is 20.0 Å². The fourth-order valence-electron chi connectivity index (χ4n) is 2.80. The van der Waals surface area contributed by atoms with E-state index in [1.54, 1.807) is 58.9 Å². The molecule has 1 aromatic heterocycles. The number of rotatable bonds is 8. The van der Waals surface area contributed by atoms with E-state index in [9.17, 15) is 16.8 Å². The van der Waals surface area contributed by atoms with Crippen LogP contribution in [-0.4, -0.2) is 33.2 Å². The molecule has 0 amide bonds. The summed E-state index contributed by atoms with van der Waals surface area (Å²) in [4.78, 5) is 8.87. The minimum Gasteiger partial charge on any atom is -0.440 e. The molecule has 12 heteroatoms. The van der Waals surface area contributed by atoms with Gasteiger partial charge in [0.1, 0.15) is 5.69 Å². The predicted molar refractivity (Wildman–Crippen MR) is 130 cm³/mol. The Labute approximate surface area is 198 Å². The Balaban J connectivity index is 1.92. The van der Waals surface area contributed by atoms with Crippen molar-refractivity contribution >= 4 is 31.5 Å². The van der Waals surface area contributed by atoms with E-state index >= 15 is 0 Å². The molecule has 3 rings (SSSR count). The summed E-state index contributed by atoms with van der Waals surface area (Å²) >= 11 is 0. The second-order valence-electron chi connectivity index (χ2n) is 7.77. The number of hydrogen-bond donors (Lipinski definition) is 2. The van der Waals surface area contributed by atoms with Crippen LogP contribution in [0, 0.1) is 6.92 Å². The molecular weight excluding hydrogens is 478 g/mol. The minimum atomic E-state index is -3.80. The predicted octanol–water partition coefficient (Wildman–Crippen LogP) is 3.67.